The van der Waals surface area contributed by atoms with E-state index in [1.54, 1.807) is 4.90 Å². The van der Waals surface area contributed by atoms with Gasteiger partial charge >= 0.3 is 0 Å². The quantitative estimate of drug-likeness (QED) is 0.853. The Morgan fingerprint density at radius 2 is 2.10 bits per heavy atom. The van der Waals surface area contributed by atoms with Gasteiger partial charge in [-0.2, -0.15) is 0 Å². The Balaban J connectivity index is 1.72. The van der Waals surface area contributed by atoms with Crippen LogP contribution in [0.3, 0.4) is 0 Å². The first-order valence-corrected chi connectivity index (χ1v) is 7.39. The van der Waals surface area contributed by atoms with Crippen molar-refractivity contribution in [1.82, 2.24) is 10.2 Å². The summed E-state index contributed by atoms with van der Waals surface area (Å²) in [6, 6.07) is 8.14. The van der Waals surface area contributed by atoms with Gasteiger partial charge in [-0.15, -0.1) is 0 Å². The molecule has 1 N–H and O–H groups in total. The van der Waals surface area contributed by atoms with Crippen LogP contribution in [0.1, 0.15) is 42.9 Å². The van der Waals surface area contributed by atoms with E-state index in [1.807, 2.05) is 12.1 Å². The molecular weight excluding hydrogens is 252 g/mol. The minimum absolute atomic E-state index is 0.00342. The topological polar surface area (TPSA) is 49.4 Å². The summed E-state index contributed by atoms with van der Waals surface area (Å²) in [6.45, 7) is 0.697. The molecule has 0 saturated carbocycles. The van der Waals surface area contributed by atoms with Crippen LogP contribution in [-0.4, -0.2) is 29.8 Å². The molecule has 0 radical (unpaired) electrons. The molecule has 1 heterocycles. The Kier molecular flexibility index (Phi) is 3.72. The molecule has 2 atom stereocenters. The number of benzene rings is 1. The highest BCUT2D eigenvalue weighted by atomic mass is 16.2. The first-order chi connectivity index (χ1) is 9.79. The summed E-state index contributed by atoms with van der Waals surface area (Å²) in [6.07, 6.45) is 5.66. The number of nitrogens with one attached hydrogen (secondary N) is 1. The molecular formula is C16H20N2O2. The molecule has 106 valence electrons. The third-order valence-electron chi connectivity index (χ3n) is 4.42. The van der Waals surface area contributed by atoms with Crippen molar-refractivity contribution in [3.8, 4) is 0 Å². The standard InChI is InChI=1S/C16H20N2O2/c19-11-18-10-4-9-15(18)16(20)17-14-8-3-6-12-5-1-2-7-13(12)14/h1-2,5,7,11,14-15H,3-4,6,8-10H2,(H,17,20). The predicted octanol–water partition coefficient (Wildman–Crippen LogP) is 1.80. The molecule has 20 heavy (non-hydrogen) atoms. The molecule has 3 rings (SSSR count). The van der Waals surface area contributed by atoms with E-state index in [0.717, 1.165) is 38.5 Å². The van der Waals surface area contributed by atoms with Crippen LogP contribution < -0.4 is 5.32 Å². The molecule has 1 aliphatic carbocycles. The second kappa shape index (κ2) is 5.65. The smallest absolute Gasteiger partial charge is 0.243 e. The molecule has 0 spiro atoms. The van der Waals surface area contributed by atoms with Crippen LogP contribution in [0.15, 0.2) is 24.3 Å². The van der Waals surface area contributed by atoms with E-state index in [-0.39, 0.29) is 18.0 Å². The maximum Gasteiger partial charge on any atom is 0.243 e. The van der Waals surface area contributed by atoms with E-state index < -0.39 is 0 Å². The molecule has 1 fully saturated rings. The average molecular weight is 272 g/mol. The Morgan fingerprint density at radius 1 is 1.25 bits per heavy atom. The minimum Gasteiger partial charge on any atom is -0.347 e. The van der Waals surface area contributed by atoms with Crippen LogP contribution in [0.4, 0.5) is 0 Å². The van der Waals surface area contributed by atoms with Gasteiger partial charge in [0.15, 0.2) is 0 Å². The van der Waals surface area contributed by atoms with Crippen molar-refractivity contribution in [2.75, 3.05) is 6.54 Å². The first-order valence-electron chi connectivity index (χ1n) is 7.39. The molecule has 4 heteroatoms. The summed E-state index contributed by atoms with van der Waals surface area (Å²) in [5.41, 5.74) is 2.57. The number of hydrogen-bond acceptors (Lipinski definition) is 2. The van der Waals surface area contributed by atoms with Crippen LogP contribution in [0.2, 0.25) is 0 Å². The number of fused-ring (bicyclic) bond motifs is 1. The highest BCUT2D eigenvalue weighted by Crippen LogP contribution is 2.30. The molecule has 0 bridgehead atoms. The van der Waals surface area contributed by atoms with Crippen molar-refractivity contribution in [1.29, 1.82) is 0 Å². The number of likely N-dealkylation sites (tertiary alicyclic amines) is 1. The summed E-state index contributed by atoms with van der Waals surface area (Å²) in [4.78, 5) is 25.0. The monoisotopic (exact) mass is 272 g/mol. The van der Waals surface area contributed by atoms with Crippen LogP contribution in [0.25, 0.3) is 0 Å². The fraction of sp³-hybridized carbons (Fsp3) is 0.500. The molecule has 1 aromatic rings. The Morgan fingerprint density at radius 3 is 2.95 bits per heavy atom. The van der Waals surface area contributed by atoms with Gasteiger partial charge in [-0.3, -0.25) is 9.59 Å². The number of carbonyl (C=O) groups excluding carboxylic acids is 2. The number of carbonyl (C=O) groups is 2. The fourth-order valence-corrected chi connectivity index (χ4v) is 3.37. The molecule has 2 aliphatic rings. The van der Waals surface area contributed by atoms with E-state index >= 15 is 0 Å². The molecule has 1 aromatic carbocycles. The number of rotatable bonds is 3. The zero-order valence-corrected chi connectivity index (χ0v) is 11.5. The highest BCUT2D eigenvalue weighted by Gasteiger charge is 2.31. The second-order valence-electron chi connectivity index (χ2n) is 5.65. The van der Waals surface area contributed by atoms with Crippen molar-refractivity contribution >= 4 is 12.3 Å². The van der Waals surface area contributed by atoms with Crippen LogP contribution >= 0.6 is 0 Å². The third-order valence-corrected chi connectivity index (χ3v) is 4.42. The highest BCUT2D eigenvalue weighted by molar-refractivity contribution is 5.84. The van der Waals surface area contributed by atoms with Crippen molar-refractivity contribution in [3.63, 3.8) is 0 Å². The van der Waals surface area contributed by atoms with Gasteiger partial charge in [0.2, 0.25) is 12.3 Å². The predicted molar refractivity (Wildman–Crippen MR) is 76.1 cm³/mol. The normalized spacial score (nSPS) is 25.1. The number of hydrogen-bond donors (Lipinski definition) is 1. The van der Waals surface area contributed by atoms with Gasteiger partial charge in [-0.1, -0.05) is 24.3 Å². The minimum atomic E-state index is -0.276. The van der Waals surface area contributed by atoms with Gasteiger partial charge < -0.3 is 10.2 Å². The van der Waals surface area contributed by atoms with E-state index in [4.69, 9.17) is 0 Å². The van der Waals surface area contributed by atoms with Crippen LogP contribution in [-0.2, 0) is 16.0 Å². The number of amides is 2. The lowest BCUT2D eigenvalue weighted by Gasteiger charge is -2.28. The van der Waals surface area contributed by atoms with Crippen molar-refractivity contribution in [3.05, 3.63) is 35.4 Å². The lowest BCUT2D eigenvalue weighted by Crippen LogP contribution is -2.44. The SMILES string of the molecule is O=CN1CCCC1C(=O)NC1CCCc2ccccc21. The van der Waals surface area contributed by atoms with Crippen molar-refractivity contribution in [2.45, 2.75) is 44.2 Å². The maximum absolute atomic E-state index is 12.4. The van der Waals surface area contributed by atoms with E-state index in [2.05, 4.69) is 17.4 Å². The lowest BCUT2D eigenvalue weighted by atomic mass is 9.87. The Hall–Kier alpha value is -1.84. The van der Waals surface area contributed by atoms with Gasteiger partial charge in [0.05, 0.1) is 6.04 Å². The third kappa shape index (κ3) is 2.42. The summed E-state index contributed by atoms with van der Waals surface area (Å²) in [5.74, 6) is -0.00342. The van der Waals surface area contributed by atoms with Gasteiger partial charge in [-0.25, -0.2) is 0 Å². The van der Waals surface area contributed by atoms with Gasteiger partial charge in [0, 0.05) is 6.54 Å². The zero-order valence-electron chi connectivity index (χ0n) is 11.5. The average Bonchev–Trinajstić information content (AvgIpc) is 2.96. The molecule has 0 aromatic heterocycles. The van der Waals surface area contributed by atoms with E-state index in [9.17, 15) is 9.59 Å². The maximum atomic E-state index is 12.4. The zero-order chi connectivity index (χ0) is 13.9. The summed E-state index contributed by atoms with van der Waals surface area (Å²) < 4.78 is 0. The lowest BCUT2D eigenvalue weighted by molar-refractivity contribution is -0.131. The number of aryl methyl sites for hydroxylation is 1. The molecule has 2 unspecified atom stereocenters. The Labute approximate surface area is 119 Å². The molecule has 4 nitrogen and oxygen atoms in total. The fourth-order valence-electron chi connectivity index (χ4n) is 3.37. The van der Waals surface area contributed by atoms with Crippen LogP contribution in [0, 0.1) is 0 Å². The van der Waals surface area contributed by atoms with Gasteiger partial charge in [0.25, 0.3) is 0 Å². The Bertz CT molecular complexity index is 515. The van der Waals surface area contributed by atoms with Gasteiger partial charge in [0.1, 0.15) is 6.04 Å². The van der Waals surface area contributed by atoms with Crippen molar-refractivity contribution in [2.24, 2.45) is 0 Å². The molecule has 2 amide bonds. The largest absolute Gasteiger partial charge is 0.347 e. The summed E-state index contributed by atoms with van der Waals surface area (Å²) in [5, 5.41) is 3.14. The second-order valence-corrected chi connectivity index (χ2v) is 5.65. The van der Waals surface area contributed by atoms with E-state index in [1.165, 1.54) is 11.1 Å². The first kappa shape index (κ1) is 13.2. The molecule has 1 aliphatic heterocycles. The van der Waals surface area contributed by atoms with Gasteiger partial charge in [-0.05, 0) is 43.2 Å². The summed E-state index contributed by atoms with van der Waals surface area (Å²) >= 11 is 0. The molecule has 1 saturated heterocycles. The summed E-state index contributed by atoms with van der Waals surface area (Å²) in [7, 11) is 0. The van der Waals surface area contributed by atoms with E-state index in [0.29, 0.717) is 6.54 Å². The van der Waals surface area contributed by atoms with Crippen molar-refractivity contribution < 1.29 is 9.59 Å². The van der Waals surface area contributed by atoms with Crippen LogP contribution in [0.5, 0.6) is 0 Å². The number of nitrogens with zero attached hydrogens (tertiary/aromatic N) is 1.